The van der Waals surface area contributed by atoms with Crippen molar-refractivity contribution in [3.05, 3.63) is 89.6 Å². The first-order valence-electron chi connectivity index (χ1n) is 9.34. The van der Waals surface area contributed by atoms with Crippen LogP contribution in [0.1, 0.15) is 11.1 Å². The number of aromatic nitrogens is 2. The standard InChI is InChI=1S/C23H21N3O3S/c1-17-7-6-13-26-16-21(24-23(17)26)19-10-11-22(29-2)20(15-19)25-30(27,28)14-12-18-8-4-3-5-9-18/h3-16,25H,1-2H3/b14-12+. The van der Waals surface area contributed by atoms with Crippen LogP contribution >= 0.6 is 0 Å². The number of ether oxygens (including phenoxy) is 1. The Balaban J connectivity index is 1.67. The Morgan fingerprint density at radius 3 is 2.60 bits per heavy atom. The van der Waals surface area contributed by atoms with E-state index in [0.717, 1.165) is 33.4 Å². The van der Waals surface area contributed by atoms with Crippen molar-refractivity contribution in [2.75, 3.05) is 11.8 Å². The van der Waals surface area contributed by atoms with E-state index >= 15 is 0 Å². The number of hydrogen-bond acceptors (Lipinski definition) is 4. The minimum absolute atomic E-state index is 0.349. The summed E-state index contributed by atoms with van der Waals surface area (Å²) >= 11 is 0. The van der Waals surface area contributed by atoms with E-state index in [2.05, 4.69) is 9.71 Å². The summed E-state index contributed by atoms with van der Waals surface area (Å²) in [7, 11) is -2.23. The highest BCUT2D eigenvalue weighted by Crippen LogP contribution is 2.31. The van der Waals surface area contributed by atoms with E-state index in [-0.39, 0.29) is 0 Å². The number of sulfonamides is 1. The van der Waals surface area contributed by atoms with Crippen LogP contribution in [0.3, 0.4) is 0 Å². The number of imidazole rings is 1. The predicted molar refractivity (Wildman–Crippen MR) is 120 cm³/mol. The number of hydrogen-bond donors (Lipinski definition) is 1. The Morgan fingerprint density at radius 2 is 1.87 bits per heavy atom. The van der Waals surface area contributed by atoms with Crippen molar-refractivity contribution >= 4 is 27.4 Å². The molecule has 0 spiro atoms. The Hall–Kier alpha value is -3.58. The Kier molecular flexibility index (Phi) is 5.29. The van der Waals surface area contributed by atoms with Crippen LogP contribution in [-0.2, 0) is 10.0 Å². The number of benzene rings is 2. The number of anilines is 1. The number of pyridine rings is 1. The number of fused-ring (bicyclic) bond motifs is 1. The van der Waals surface area contributed by atoms with E-state index in [4.69, 9.17) is 4.74 Å². The summed E-state index contributed by atoms with van der Waals surface area (Å²) in [6, 6.07) is 18.5. The molecule has 0 saturated carbocycles. The minimum atomic E-state index is -3.73. The lowest BCUT2D eigenvalue weighted by Gasteiger charge is -2.11. The third kappa shape index (κ3) is 4.21. The van der Waals surface area contributed by atoms with E-state index < -0.39 is 10.0 Å². The Labute approximate surface area is 175 Å². The maximum Gasteiger partial charge on any atom is 0.255 e. The van der Waals surface area contributed by atoms with Gasteiger partial charge in [0.05, 0.1) is 23.9 Å². The average molecular weight is 420 g/mol. The second-order valence-electron chi connectivity index (χ2n) is 6.82. The van der Waals surface area contributed by atoms with Crippen LogP contribution in [0, 0.1) is 6.92 Å². The molecule has 0 unspecified atom stereocenters. The number of nitrogens with one attached hydrogen (secondary N) is 1. The van der Waals surface area contributed by atoms with Crippen molar-refractivity contribution in [1.29, 1.82) is 0 Å². The number of aryl methyl sites for hydroxylation is 1. The van der Waals surface area contributed by atoms with Crippen LogP contribution in [-0.4, -0.2) is 24.9 Å². The summed E-state index contributed by atoms with van der Waals surface area (Å²) in [6.45, 7) is 2.00. The second-order valence-corrected chi connectivity index (χ2v) is 8.39. The van der Waals surface area contributed by atoms with Gasteiger partial charge in [-0.1, -0.05) is 36.4 Å². The van der Waals surface area contributed by atoms with E-state index in [9.17, 15) is 8.42 Å². The van der Waals surface area contributed by atoms with Crippen molar-refractivity contribution in [1.82, 2.24) is 9.38 Å². The van der Waals surface area contributed by atoms with E-state index in [1.807, 2.05) is 72.2 Å². The van der Waals surface area contributed by atoms with E-state index in [0.29, 0.717) is 11.4 Å². The van der Waals surface area contributed by atoms with Gasteiger partial charge in [-0.25, -0.2) is 13.4 Å². The maximum atomic E-state index is 12.6. The molecule has 7 heteroatoms. The zero-order valence-electron chi connectivity index (χ0n) is 16.6. The first kappa shape index (κ1) is 19.7. The number of rotatable bonds is 6. The summed E-state index contributed by atoms with van der Waals surface area (Å²) in [5.41, 5.74) is 4.58. The molecule has 6 nitrogen and oxygen atoms in total. The lowest BCUT2D eigenvalue weighted by Crippen LogP contribution is -2.10. The molecule has 30 heavy (non-hydrogen) atoms. The van der Waals surface area contributed by atoms with Crippen molar-refractivity contribution in [3.63, 3.8) is 0 Å². The molecule has 0 aliphatic heterocycles. The van der Waals surface area contributed by atoms with Crippen LogP contribution in [0.5, 0.6) is 5.75 Å². The normalized spacial score (nSPS) is 11.8. The summed E-state index contributed by atoms with van der Waals surface area (Å²) in [5, 5.41) is 1.14. The summed E-state index contributed by atoms with van der Waals surface area (Å²) in [5.74, 6) is 0.426. The van der Waals surface area contributed by atoms with Gasteiger partial charge in [-0.3, -0.25) is 4.72 Å². The van der Waals surface area contributed by atoms with E-state index in [1.54, 1.807) is 18.2 Å². The quantitative estimate of drug-likeness (QED) is 0.490. The maximum absolute atomic E-state index is 12.6. The third-order valence-corrected chi connectivity index (χ3v) is 5.66. The van der Waals surface area contributed by atoms with Gasteiger partial charge in [-0.05, 0) is 48.4 Å². The van der Waals surface area contributed by atoms with Gasteiger partial charge in [0.25, 0.3) is 10.0 Å². The van der Waals surface area contributed by atoms with Crippen LogP contribution in [0.15, 0.2) is 78.5 Å². The number of methoxy groups -OCH3 is 1. The van der Waals surface area contributed by atoms with Gasteiger partial charge >= 0.3 is 0 Å². The zero-order valence-corrected chi connectivity index (χ0v) is 17.4. The molecule has 2 heterocycles. The van der Waals surface area contributed by atoms with Gasteiger partial charge in [-0.2, -0.15) is 0 Å². The van der Waals surface area contributed by atoms with Crippen LogP contribution in [0.4, 0.5) is 5.69 Å². The Morgan fingerprint density at radius 1 is 1.07 bits per heavy atom. The number of nitrogens with zero attached hydrogens (tertiary/aromatic N) is 2. The van der Waals surface area contributed by atoms with Gasteiger partial charge in [-0.15, -0.1) is 0 Å². The molecule has 0 bridgehead atoms. The summed E-state index contributed by atoms with van der Waals surface area (Å²) in [4.78, 5) is 4.68. The largest absolute Gasteiger partial charge is 0.495 e. The second kappa shape index (κ2) is 8.04. The molecule has 0 saturated heterocycles. The molecule has 0 aliphatic carbocycles. The molecule has 0 atom stereocenters. The molecule has 152 valence electrons. The van der Waals surface area contributed by atoms with Crippen LogP contribution in [0.2, 0.25) is 0 Å². The monoisotopic (exact) mass is 419 g/mol. The molecular formula is C23H21N3O3S. The fraction of sp³-hybridized carbons (Fsp3) is 0.0870. The van der Waals surface area contributed by atoms with Gasteiger partial charge in [0, 0.05) is 18.0 Å². The Bertz CT molecular complexity index is 1330. The molecular weight excluding hydrogens is 398 g/mol. The molecule has 0 amide bonds. The highest BCUT2D eigenvalue weighted by molar-refractivity contribution is 7.95. The SMILES string of the molecule is COc1ccc(-c2cn3cccc(C)c3n2)cc1NS(=O)(=O)/C=C/c1ccccc1. The molecule has 0 aliphatic rings. The van der Waals surface area contributed by atoms with E-state index in [1.165, 1.54) is 7.11 Å². The minimum Gasteiger partial charge on any atom is -0.495 e. The van der Waals surface area contributed by atoms with Crippen molar-refractivity contribution < 1.29 is 13.2 Å². The van der Waals surface area contributed by atoms with Gasteiger partial charge < -0.3 is 9.14 Å². The van der Waals surface area contributed by atoms with Gasteiger partial charge in [0.15, 0.2) is 0 Å². The fourth-order valence-corrected chi connectivity index (χ4v) is 4.03. The average Bonchev–Trinajstić information content (AvgIpc) is 3.19. The van der Waals surface area contributed by atoms with Crippen molar-refractivity contribution in [3.8, 4) is 17.0 Å². The molecule has 4 aromatic rings. The fourth-order valence-electron chi connectivity index (χ4n) is 3.16. The molecule has 4 rings (SSSR count). The molecule has 2 aromatic carbocycles. The van der Waals surface area contributed by atoms with Gasteiger partial charge in [0.1, 0.15) is 11.4 Å². The molecule has 0 radical (unpaired) electrons. The molecule has 2 aromatic heterocycles. The van der Waals surface area contributed by atoms with Gasteiger partial charge in [0.2, 0.25) is 0 Å². The lowest BCUT2D eigenvalue weighted by atomic mass is 10.1. The smallest absolute Gasteiger partial charge is 0.255 e. The van der Waals surface area contributed by atoms with Crippen LogP contribution in [0.25, 0.3) is 23.0 Å². The predicted octanol–water partition coefficient (Wildman–Crippen LogP) is 4.73. The summed E-state index contributed by atoms with van der Waals surface area (Å²) < 4.78 is 35.1. The molecule has 0 fully saturated rings. The first-order valence-corrected chi connectivity index (χ1v) is 10.9. The van der Waals surface area contributed by atoms with Crippen molar-refractivity contribution in [2.24, 2.45) is 0 Å². The summed E-state index contributed by atoms with van der Waals surface area (Å²) in [6.07, 6.45) is 5.39. The molecule has 1 N–H and O–H groups in total. The highest BCUT2D eigenvalue weighted by atomic mass is 32.2. The van der Waals surface area contributed by atoms with Crippen LogP contribution < -0.4 is 9.46 Å². The van der Waals surface area contributed by atoms with Crippen molar-refractivity contribution in [2.45, 2.75) is 6.92 Å². The third-order valence-electron chi connectivity index (χ3n) is 4.66. The first-order chi connectivity index (χ1) is 14.4. The highest BCUT2D eigenvalue weighted by Gasteiger charge is 2.14. The lowest BCUT2D eigenvalue weighted by molar-refractivity contribution is 0.417. The zero-order chi connectivity index (χ0) is 21.1. The topological polar surface area (TPSA) is 72.7 Å².